The number of carbonyl (C=O) groups excluding carboxylic acids is 1. The Morgan fingerprint density at radius 1 is 1.33 bits per heavy atom. The lowest BCUT2D eigenvalue weighted by molar-refractivity contribution is -0.115. The van der Waals surface area contributed by atoms with Gasteiger partial charge in [-0.15, -0.1) is 0 Å². The summed E-state index contributed by atoms with van der Waals surface area (Å²) < 4.78 is 26.4. The molecule has 5 nitrogen and oxygen atoms in total. The lowest BCUT2D eigenvalue weighted by Crippen LogP contribution is -2.26. The van der Waals surface area contributed by atoms with E-state index < -0.39 is 10.0 Å². The van der Waals surface area contributed by atoms with Gasteiger partial charge in [0.05, 0.1) is 11.3 Å². The molecule has 0 fully saturated rings. The number of rotatable bonds is 4. The molecule has 1 N–H and O–H groups in total. The van der Waals surface area contributed by atoms with Crippen molar-refractivity contribution < 1.29 is 13.2 Å². The molecule has 3 rings (SSSR count). The predicted octanol–water partition coefficient (Wildman–Crippen LogP) is 2.06. The van der Waals surface area contributed by atoms with Crippen molar-refractivity contribution in [2.24, 2.45) is 0 Å². The maximum absolute atomic E-state index is 12.6. The third-order valence-electron chi connectivity index (χ3n) is 3.40. The van der Waals surface area contributed by atoms with Crippen LogP contribution in [-0.2, 0) is 27.8 Å². The summed E-state index contributed by atoms with van der Waals surface area (Å²) in [5.41, 5.74) is 2.38. The zero-order valence-corrected chi connectivity index (χ0v) is 13.0. The number of amides is 1. The molecule has 0 saturated carbocycles. The largest absolute Gasteiger partial charge is 0.326 e. The molecule has 1 aliphatic rings. The molecule has 0 aliphatic carbocycles. The molecule has 7 heteroatoms. The quantitative estimate of drug-likeness (QED) is 0.937. The summed E-state index contributed by atoms with van der Waals surface area (Å²) in [7, 11) is -2.00. The van der Waals surface area contributed by atoms with Crippen LogP contribution >= 0.6 is 11.3 Å². The van der Waals surface area contributed by atoms with Crippen LogP contribution in [0.4, 0.5) is 5.69 Å². The smallest absolute Gasteiger partial charge is 0.243 e. The van der Waals surface area contributed by atoms with Crippen LogP contribution in [0.15, 0.2) is 39.9 Å². The summed E-state index contributed by atoms with van der Waals surface area (Å²) >= 11 is 1.54. The van der Waals surface area contributed by atoms with Crippen molar-refractivity contribution >= 4 is 33.0 Å². The van der Waals surface area contributed by atoms with Gasteiger partial charge in [-0.25, -0.2) is 8.42 Å². The van der Waals surface area contributed by atoms with Crippen LogP contribution in [0.25, 0.3) is 0 Å². The average Bonchev–Trinajstić information content (AvgIpc) is 3.05. The fourth-order valence-corrected chi connectivity index (χ4v) is 4.14. The van der Waals surface area contributed by atoms with E-state index in [1.807, 2.05) is 16.8 Å². The van der Waals surface area contributed by atoms with E-state index in [0.29, 0.717) is 12.2 Å². The van der Waals surface area contributed by atoms with Crippen molar-refractivity contribution in [1.82, 2.24) is 4.31 Å². The zero-order valence-electron chi connectivity index (χ0n) is 11.4. The number of nitrogens with zero attached hydrogens (tertiary/aromatic N) is 1. The molecule has 0 spiro atoms. The standard InChI is InChI=1S/C14H14N2O3S2/c1-16(8-10-4-5-20-9-10)21(18,19)12-2-3-13-11(6-12)7-14(17)15-13/h2-6,9H,7-8H2,1H3,(H,15,17). The lowest BCUT2D eigenvalue weighted by Gasteiger charge is -2.17. The first-order valence-electron chi connectivity index (χ1n) is 6.37. The van der Waals surface area contributed by atoms with Crippen LogP contribution < -0.4 is 5.32 Å². The molecule has 0 radical (unpaired) electrons. The second-order valence-corrected chi connectivity index (χ2v) is 7.76. The van der Waals surface area contributed by atoms with E-state index in [1.54, 1.807) is 19.2 Å². The van der Waals surface area contributed by atoms with Gasteiger partial charge in [0.25, 0.3) is 0 Å². The minimum absolute atomic E-state index is 0.105. The SMILES string of the molecule is CN(Cc1ccsc1)S(=O)(=O)c1ccc2c(c1)CC(=O)N2. The van der Waals surface area contributed by atoms with Crippen molar-refractivity contribution in [1.29, 1.82) is 0 Å². The fourth-order valence-electron chi connectivity index (χ4n) is 2.27. The summed E-state index contributed by atoms with van der Waals surface area (Å²) in [6, 6.07) is 6.66. The lowest BCUT2D eigenvalue weighted by atomic mass is 10.2. The van der Waals surface area contributed by atoms with Gasteiger partial charge in [-0.05, 0) is 46.2 Å². The molecule has 2 aromatic rings. The number of hydrogen-bond acceptors (Lipinski definition) is 4. The van der Waals surface area contributed by atoms with E-state index in [0.717, 1.165) is 11.1 Å². The Labute approximate surface area is 127 Å². The van der Waals surface area contributed by atoms with Crippen LogP contribution in [-0.4, -0.2) is 25.7 Å². The van der Waals surface area contributed by atoms with Gasteiger partial charge >= 0.3 is 0 Å². The Morgan fingerprint density at radius 2 is 2.14 bits per heavy atom. The van der Waals surface area contributed by atoms with E-state index in [2.05, 4.69) is 5.32 Å². The van der Waals surface area contributed by atoms with Crippen LogP contribution in [0.1, 0.15) is 11.1 Å². The first-order valence-corrected chi connectivity index (χ1v) is 8.75. The first-order chi connectivity index (χ1) is 9.96. The highest BCUT2D eigenvalue weighted by Gasteiger charge is 2.25. The second-order valence-electron chi connectivity index (χ2n) is 4.94. The van der Waals surface area contributed by atoms with Gasteiger partial charge in [0.15, 0.2) is 0 Å². The molecular formula is C14H14N2O3S2. The van der Waals surface area contributed by atoms with Gasteiger partial charge in [-0.2, -0.15) is 15.6 Å². The molecule has 1 amide bonds. The predicted molar refractivity (Wildman–Crippen MR) is 81.7 cm³/mol. The Bertz CT molecular complexity index is 783. The molecule has 0 atom stereocenters. The average molecular weight is 322 g/mol. The molecule has 0 bridgehead atoms. The van der Waals surface area contributed by atoms with Crippen LogP contribution in [0.2, 0.25) is 0 Å². The topological polar surface area (TPSA) is 66.5 Å². The van der Waals surface area contributed by atoms with Gasteiger partial charge in [0, 0.05) is 19.3 Å². The molecule has 110 valence electrons. The summed E-state index contributed by atoms with van der Waals surface area (Å²) in [5.74, 6) is -0.105. The third kappa shape index (κ3) is 2.72. The number of sulfonamides is 1. The molecule has 2 heterocycles. The van der Waals surface area contributed by atoms with E-state index in [4.69, 9.17) is 0 Å². The highest BCUT2D eigenvalue weighted by molar-refractivity contribution is 7.89. The Kier molecular flexibility index (Phi) is 3.56. The van der Waals surface area contributed by atoms with Crippen molar-refractivity contribution in [3.63, 3.8) is 0 Å². The van der Waals surface area contributed by atoms with Crippen molar-refractivity contribution in [3.05, 3.63) is 46.2 Å². The van der Waals surface area contributed by atoms with Gasteiger partial charge in [-0.3, -0.25) is 4.79 Å². The third-order valence-corrected chi connectivity index (χ3v) is 5.93. The Hall–Kier alpha value is -1.70. The molecule has 1 aliphatic heterocycles. The van der Waals surface area contributed by atoms with Gasteiger partial charge in [0.1, 0.15) is 0 Å². The summed E-state index contributed by atoms with van der Waals surface area (Å²) in [5, 5.41) is 6.54. The summed E-state index contributed by atoms with van der Waals surface area (Å²) in [4.78, 5) is 11.6. The van der Waals surface area contributed by atoms with Gasteiger partial charge < -0.3 is 5.32 Å². The molecule has 1 aromatic carbocycles. The number of thiophene rings is 1. The van der Waals surface area contributed by atoms with Gasteiger partial charge in [-0.1, -0.05) is 0 Å². The summed E-state index contributed by atoms with van der Waals surface area (Å²) in [6.45, 7) is 0.333. The molecule has 0 saturated heterocycles. The number of carbonyl (C=O) groups is 1. The number of benzene rings is 1. The van der Waals surface area contributed by atoms with E-state index >= 15 is 0 Å². The molecule has 1 aromatic heterocycles. The fraction of sp³-hybridized carbons (Fsp3) is 0.214. The number of anilines is 1. The Balaban J connectivity index is 1.88. The van der Waals surface area contributed by atoms with Crippen molar-refractivity contribution in [2.75, 3.05) is 12.4 Å². The molecule has 21 heavy (non-hydrogen) atoms. The number of fused-ring (bicyclic) bond motifs is 1. The minimum Gasteiger partial charge on any atom is -0.326 e. The Morgan fingerprint density at radius 3 is 2.86 bits per heavy atom. The maximum Gasteiger partial charge on any atom is 0.243 e. The summed E-state index contributed by atoms with van der Waals surface area (Å²) in [6.07, 6.45) is 0.229. The van der Waals surface area contributed by atoms with E-state index in [-0.39, 0.29) is 17.2 Å². The number of nitrogens with one attached hydrogen (secondary N) is 1. The highest BCUT2D eigenvalue weighted by atomic mass is 32.2. The molecular weight excluding hydrogens is 308 g/mol. The van der Waals surface area contributed by atoms with Gasteiger partial charge in [0.2, 0.25) is 15.9 Å². The maximum atomic E-state index is 12.6. The van der Waals surface area contributed by atoms with E-state index in [1.165, 1.54) is 21.7 Å². The zero-order chi connectivity index (χ0) is 15.0. The first kappa shape index (κ1) is 14.2. The van der Waals surface area contributed by atoms with Crippen LogP contribution in [0.3, 0.4) is 0 Å². The van der Waals surface area contributed by atoms with Crippen molar-refractivity contribution in [2.45, 2.75) is 17.9 Å². The molecule has 0 unspecified atom stereocenters. The van der Waals surface area contributed by atoms with Crippen molar-refractivity contribution in [3.8, 4) is 0 Å². The number of hydrogen-bond donors (Lipinski definition) is 1. The minimum atomic E-state index is -3.56. The monoisotopic (exact) mass is 322 g/mol. The van der Waals surface area contributed by atoms with Crippen LogP contribution in [0, 0.1) is 0 Å². The normalized spacial score (nSPS) is 14.3. The second kappa shape index (κ2) is 5.25. The highest BCUT2D eigenvalue weighted by Crippen LogP contribution is 2.27. The van der Waals surface area contributed by atoms with E-state index in [9.17, 15) is 13.2 Å². The van der Waals surface area contributed by atoms with Crippen LogP contribution in [0.5, 0.6) is 0 Å².